The molecule has 0 spiro atoms. The Bertz CT molecular complexity index is 797. The van der Waals surface area contributed by atoms with Crippen molar-refractivity contribution in [3.63, 3.8) is 0 Å². The van der Waals surface area contributed by atoms with Gasteiger partial charge in [-0.1, -0.05) is 30.0 Å². The first-order valence-electron chi connectivity index (χ1n) is 8.40. The summed E-state index contributed by atoms with van der Waals surface area (Å²) in [5, 5.41) is 9.73. The quantitative estimate of drug-likeness (QED) is 0.677. The summed E-state index contributed by atoms with van der Waals surface area (Å²) in [4.78, 5) is 14.1. The second-order valence-corrected chi connectivity index (χ2v) is 6.06. The lowest BCUT2D eigenvalue weighted by atomic mass is 10.0. The van der Waals surface area contributed by atoms with Crippen LogP contribution >= 0.6 is 0 Å². The molecule has 2 aromatic rings. The molecule has 0 aromatic heterocycles. The number of hydrogen-bond donors (Lipinski definition) is 1. The predicted molar refractivity (Wildman–Crippen MR) is 97.7 cm³/mol. The van der Waals surface area contributed by atoms with E-state index in [2.05, 4.69) is 16.7 Å². The van der Waals surface area contributed by atoms with Gasteiger partial charge in [0.25, 0.3) is 0 Å². The van der Waals surface area contributed by atoms with Crippen LogP contribution in [0.4, 0.5) is 5.69 Å². The minimum atomic E-state index is -0.372. The maximum Gasteiger partial charge on any atom is 0.337 e. The molecule has 1 aliphatic heterocycles. The van der Waals surface area contributed by atoms with E-state index in [1.807, 2.05) is 36.4 Å². The average Bonchev–Trinajstić information content (AvgIpc) is 2.67. The third kappa shape index (κ3) is 4.20. The number of aliphatic hydroxyl groups excluding tert-OH is 1. The monoisotopic (exact) mass is 335 g/mol. The maximum absolute atomic E-state index is 11.9. The van der Waals surface area contributed by atoms with E-state index in [1.54, 1.807) is 12.1 Å². The van der Waals surface area contributed by atoms with Crippen molar-refractivity contribution < 1.29 is 14.6 Å². The standard InChI is InChI=1S/C21H21NO3/c1-25-21(24)18-9-10-20(22-13-11-19(23)12-14-22)17(15-18)8-7-16-5-3-2-4-6-16/h2-6,9-10,15,19,23H,11-14H2,1H3. The fourth-order valence-electron chi connectivity index (χ4n) is 2.92. The lowest BCUT2D eigenvalue weighted by Crippen LogP contribution is -2.36. The van der Waals surface area contributed by atoms with Crippen LogP contribution in [0.15, 0.2) is 48.5 Å². The molecule has 1 aliphatic rings. The van der Waals surface area contributed by atoms with Gasteiger partial charge in [0.05, 0.1) is 24.5 Å². The Balaban J connectivity index is 1.96. The lowest BCUT2D eigenvalue weighted by Gasteiger charge is -2.32. The van der Waals surface area contributed by atoms with Crippen LogP contribution in [0, 0.1) is 11.8 Å². The van der Waals surface area contributed by atoms with Crippen LogP contribution in [-0.4, -0.2) is 37.4 Å². The molecule has 128 valence electrons. The van der Waals surface area contributed by atoms with Crippen molar-refractivity contribution in [1.82, 2.24) is 0 Å². The number of hydrogen-bond acceptors (Lipinski definition) is 4. The third-order valence-electron chi connectivity index (χ3n) is 4.34. The van der Waals surface area contributed by atoms with Crippen LogP contribution in [-0.2, 0) is 4.74 Å². The molecule has 0 aliphatic carbocycles. The van der Waals surface area contributed by atoms with Crippen molar-refractivity contribution in [1.29, 1.82) is 0 Å². The van der Waals surface area contributed by atoms with E-state index in [0.717, 1.165) is 42.7 Å². The molecule has 3 rings (SSSR count). The fourth-order valence-corrected chi connectivity index (χ4v) is 2.92. The van der Waals surface area contributed by atoms with Crippen molar-refractivity contribution in [2.75, 3.05) is 25.1 Å². The summed E-state index contributed by atoms with van der Waals surface area (Å²) in [6.07, 6.45) is 1.25. The van der Waals surface area contributed by atoms with Gasteiger partial charge in [-0.25, -0.2) is 4.79 Å². The minimum Gasteiger partial charge on any atom is -0.465 e. The summed E-state index contributed by atoms with van der Waals surface area (Å²) in [5.74, 6) is 5.98. The number of carbonyl (C=O) groups excluding carboxylic acids is 1. The average molecular weight is 335 g/mol. The van der Waals surface area contributed by atoms with Gasteiger partial charge >= 0.3 is 5.97 Å². The second-order valence-electron chi connectivity index (χ2n) is 6.06. The first-order chi connectivity index (χ1) is 12.2. The predicted octanol–water partition coefficient (Wildman–Crippen LogP) is 2.83. The number of anilines is 1. The molecule has 2 aromatic carbocycles. The molecule has 4 heteroatoms. The Morgan fingerprint density at radius 2 is 1.84 bits per heavy atom. The van der Waals surface area contributed by atoms with Crippen LogP contribution in [0.1, 0.15) is 34.3 Å². The van der Waals surface area contributed by atoms with Gasteiger partial charge in [0.2, 0.25) is 0 Å². The Labute approximate surface area is 148 Å². The zero-order chi connectivity index (χ0) is 17.6. The van der Waals surface area contributed by atoms with Gasteiger partial charge in [-0.2, -0.15) is 0 Å². The van der Waals surface area contributed by atoms with Crippen LogP contribution in [0.5, 0.6) is 0 Å². The van der Waals surface area contributed by atoms with Crippen LogP contribution in [0.3, 0.4) is 0 Å². The van der Waals surface area contributed by atoms with E-state index in [-0.39, 0.29) is 12.1 Å². The Hall–Kier alpha value is -2.77. The van der Waals surface area contributed by atoms with Gasteiger partial charge < -0.3 is 14.7 Å². The number of piperidine rings is 1. The molecule has 1 heterocycles. The van der Waals surface area contributed by atoms with Gasteiger partial charge in [-0.05, 0) is 43.2 Å². The molecular weight excluding hydrogens is 314 g/mol. The van der Waals surface area contributed by atoms with Crippen molar-refractivity contribution in [2.24, 2.45) is 0 Å². The molecule has 0 amide bonds. The third-order valence-corrected chi connectivity index (χ3v) is 4.34. The molecular formula is C21H21NO3. The Morgan fingerprint density at radius 1 is 1.12 bits per heavy atom. The summed E-state index contributed by atoms with van der Waals surface area (Å²) in [6, 6.07) is 15.2. The van der Waals surface area contributed by atoms with E-state index in [1.165, 1.54) is 7.11 Å². The van der Waals surface area contributed by atoms with Crippen LogP contribution in [0.2, 0.25) is 0 Å². The molecule has 4 nitrogen and oxygen atoms in total. The molecule has 0 atom stereocenters. The first kappa shape index (κ1) is 17.1. The van der Waals surface area contributed by atoms with Crippen LogP contribution < -0.4 is 4.90 Å². The highest BCUT2D eigenvalue weighted by atomic mass is 16.5. The topological polar surface area (TPSA) is 49.8 Å². The highest BCUT2D eigenvalue weighted by Gasteiger charge is 2.20. The zero-order valence-electron chi connectivity index (χ0n) is 14.2. The largest absolute Gasteiger partial charge is 0.465 e. The number of esters is 1. The zero-order valence-corrected chi connectivity index (χ0v) is 14.2. The summed E-state index contributed by atoms with van der Waals surface area (Å²) in [5.41, 5.74) is 3.19. The van der Waals surface area contributed by atoms with Gasteiger partial charge in [0.15, 0.2) is 0 Å². The summed E-state index contributed by atoms with van der Waals surface area (Å²) in [7, 11) is 1.37. The lowest BCUT2D eigenvalue weighted by molar-refractivity contribution is 0.0600. The fraction of sp³-hybridized carbons (Fsp3) is 0.286. The minimum absolute atomic E-state index is 0.232. The second kappa shape index (κ2) is 7.87. The molecule has 0 saturated carbocycles. The highest BCUT2D eigenvalue weighted by Crippen LogP contribution is 2.25. The molecule has 0 unspecified atom stereocenters. The highest BCUT2D eigenvalue weighted by molar-refractivity contribution is 5.90. The number of nitrogens with zero attached hydrogens (tertiary/aromatic N) is 1. The van der Waals surface area contributed by atoms with E-state index in [0.29, 0.717) is 5.56 Å². The molecule has 0 bridgehead atoms. The normalized spacial score (nSPS) is 14.6. The van der Waals surface area contributed by atoms with Gasteiger partial charge in [-0.15, -0.1) is 0 Å². The Kier molecular flexibility index (Phi) is 5.37. The number of methoxy groups -OCH3 is 1. The van der Waals surface area contributed by atoms with E-state index < -0.39 is 0 Å². The van der Waals surface area contributed by atoms with Gasteiger partial charge in [0, 0.05) is 24.2 Å². The molecule has 25 heavy (non-hydrogen) atoms. The van der Waals surface area contributed by atoms with Crippen molar-refractivity contribution in [2.45, 2.75) is 18.9 Å². The number of benzene rings is 2. The van der Waals surface area contributed by atoms with Gasteiger partial charge in [-0.3, -0.25) is 0 Å². The number of ether oxygens (including phenoxy) is 1. The smallest absolute Gasteiger partial charge is 0.337 e. The Morgan fingerprint density at radius 3 is 2.52 bits per heavy atom. The van der Waals surface area contributed by atoms with Crippen molar-refractivity contribution in [3.05, 3.63) is 65.2 Å². The molecule has 1 saturated heterocycles. The summed E-state index contributed by atoms with van der Waals surface area (Å²) in [6.45, 7) is 1.55. The van der Waals surface area contributed by atoms with Crippen molar-refractivity contribution >= 4 is 11.7 Å². The number of rotatable bonds is 2. The SMILES string of the molecule is COC(=O)c1ccc(N2CCC(O)CC2)c(C#Cc2ccccc2)c1. The number of aliphatic hydroxyl groups is 1. The van der Waals surface area contributed by atoms with E-state index in [9.17, 15) is 9.90 Å². The maximum atomic E-state index is 11.9. The van der Waals surface area contributed by atoms with Crippen molar-refractivity contribution in [3.8, 4) is 11.8 Å². The molecule has 1 fully saturated rings. The molecule has 1 N–H and O–H groups in total. The summed E-state index contributed by atoms with van der Waals surface area (Å²) >= 11 is 0. The number of carbonyl (C=O) groups is 1. The van der Waals surface area contributed by atoms with Gasteiger partial charge in [0.1, 0.15) is 0 Å². The molecule has 0 radical (unpaired) electrons. The van der Waals surface area contributed by atoms with Crippen LogP contribution in [0.25, 0.3) is 0 Å². The first-order valence-corrected chi connectivity index (χ1v) is 8.40. The summed E-state index contributed by atoms with van der Waals surface area (Å²) < 4.78 is 4.82. The van der Waals surface area contributed by atoms with E-state index >= 15 is 0 Å². The van der Waals surface area contributed by atoms with E-state index in [4.69, 9.17) is 4.74 Å².